The van der Waals surface area contributed by atoms with Gasteiger partial charge >= 0.3 is 0 Å². The van der Waals surface area contributed by atoms with Crippen LogP contribution in [0.25, 0.3) is 21.3 Å². The van der Waals surface area contributed by atoms with E-state index in [0.717, 1.165) is 57.7 Å². The van der Waals surface area contributed by atoms with Gasteiger partial charge in [-0.3, -0.25) is 13.9 Å². The lowest BCUT2D eigenvalue weighted by atomic mass is 9.91. The summed E-state index contributed by atoms with van der Waals surface area (Å²) in [6, 6.07) is 8.09. The number of carbonyl (C=O) groups is 1. The Morgan fingerprint density at radius 3 is 2.77 bits per heavy atom. The quantitative estimate of drug-likeness (QED) is 0.355. The minimum atomic E-state index is -2.43. The third kappa shape index (κ3) is 4.43. The van der Waals surface area contributed by atoms with Crippen molar-refractivity contribution in [2.75, 3.05) is 18.1 Å². The van der Waals surface area contributed by atoms with E-state index in [1.165, 1.54) is 0 Å². The molecule has 30 heavy (non-hydrogen) atoms. The first-order chi connectivity index (χ1) is 14.4. The van der Waals surface area contributed by atoms with Crippen molar-refractivity contribution < 1.29 is 18.6 Å². The maximum Gasteiger partial charge on any atom is 0.250 e. The summed E-state index contributed by atoms with van der Waals surface area (Å²) in [7, 11) is -2.43. The number of hydrogen-bond acceptors (Lipinski definition) is 5. The van der Waals surface area contributed by atoms with Gasteiger partial charge in [0.05, 0.1) is 17.7 Å². The summed E-state index contributed by atoms with van der Waals surface area (Å²) >= 11 is 1.66. The second kappa shape index (κ2) is 8.72. The van der Waals surface area contributed by atoms with E-state index in [-0.39, 0.29) is 5.92 Å². The number of carbonyl (C=O) groups excluding carboxylic acids is 1. The van der Waals surface area contributed by atoms with E-state index in [1.54, 1.807) is 11.3 Å². The van der Waals surface area contributed by atoms with Gasteiger partial charge in [0, 0.05) is 39.4 Å². The van der Waals surface area contributed by atoms with Crippen LogP contribution in [0.1, 0.15) is 52.9 Å². The Labute approximate surface area is 181 Å². The molecule has 0 radical (unpaired) electrons. The standard InChI is InChI=1S/C22H28N2O4S2/c1-2-7-28-13-16-3-4-20(29-16)15-10-17-19(14-5-8-30(26,27)9-6-14)12-24-21(17)18(11-15)22(23)25/h3-4,10-12,14,24,26-27H,2,5-9,13H2,1H3,(H2,23,25). The highest BCUT2D eigenvalue weighted by atomic mass is 32.3. The Morgan fingerprint density at radius 2 is 2.07 bits per heavy atom. The van der Waals surface area contributed by atoms with Crippen LogP contribution < -0.4 is 5.73 Å². The number of aromatic amines is 1. The molecule has 0 atom stereocenters. The van der Waals surface area contributed by atoms with Crippen molar-refractivity contribution in [2.24, 2.45) is 5.73 Å². The Bertz CT molecular complexity index is 1050. The van der Waals surface area contributed by atoms with Crippen molar-refractivity contribution >= 4 is 38.7 Å². The van der Waals surface area contributed by atoms with Crippen LogP contribution in [-0.2, 0) is 11.3 Å². The van der Waals surface area contributed by atoms with Crippen LogP contribution in [0.5, 0.6) is 0 Å². The van der Waals surface area contributed by atoms with Crippen molar-refractivity contribution in [3.8, 4) is 10.4 Å². The number of aromatic nitrogens is 1. The van der Waals surface area contributed by atoms with Gasteiger partial charge in [-0.05, 0) is 60.6 Å². The first kappa shape index (κ1) is 21.4. The maximum atomic E-state index is 12.2. The molecule has 1 aliphatic heterocycles. The smallest absolute Gasteiger partial charge is 0.250 e. The molecule has 1 aromatic carbocycles. The number of H-pyrrole nitrogens is 1. The topological polar surface area (TPSA) is 109 Å². The van der Waals surface area contributed by atoms with Gasteiger partial charge in [-0.2, -0.15) is 10.6 Å². The molecule has 0 unspecified atom stereocenters. The molecule has 5 N–H and O–H groups in total. The van der Waals surface area contributed by atoms with E-state index >= 15 is 0 Å². The van der Waals surface area contributed by atoms with Crippen molar-refractivity contribution in [1.29, 1.82) is 0 Å². The van der Waals surface area contributed by atoms with E-state index in [4.69, 9.17) is 10.5 Å². The molecule has 8 heteroatoms. The highest BCUT2D eigenvalue weighted by Gasteiger charge is 2.27. The summed E-state index contributed by atoms with van der Waals surface area (Å²) in [4.78, 5) is 17.6. The predicted molar refractivity (Wildman–Crippen MR) is 125 cm³/mol. The first-order valence-corrected chi connectivity index (χ1v) is 12.9. The number of fused-ring (bicyclic) bond motifs is 1. The predicted octanol–water partition coefficient (Wildman–Crippen LogP) is 5.55. The lowest BCUT2D eigenvalue weighted by Gasteiger charge is -2.39. The monoisotopic (exact) mass is 448 g/mol. The molecule has 1 amide bonds. The van der Waals surface area contributed by atoms with Gasteiger partial charge < -0.3 is 15.5 Å². The Morgan fingerprint density at radius 1 is 1.30 bits per heavy atom. The van der Waals surface area contributed by atoms with Gasteiger partial charge in [-0.25, -0.2) is 0 Å². The SMILES string of the molecule is CCCOCc1ccc(-c2cc(C(N)=O)c3[nH]cc(C4CCS(O)(O)CC4)c3c2)s1. The van der Waals surface area contributed by atoms with E-state index < -0.39 is 16.5 Å². The summed E-state index contributed by atoms with van der Waals surface area (Å²) in [6.45, 7) is 3.42. The molecule has 1 saturated heterocycles. The minimum absolute atomic E-state index is 0.232. The van der Waals surface area contributed by atoms with Gasteiger partial charge in [-0.1, -0.05) is 6.92 Å². The van der Waals surface area contributed by atoms with E-state index in [0.29, 0.717) is 23.7 Å². The number of nitrogens with one attached hydrogen (secondary N) is 1. The third-order valence-corrected chi connectivity index (χ3v) is 8.54. The average molecular weight is 449 g/mol. The van der Waals surface area contributed by atoms with Crippen LogP contribution in [0.15, 0.2) is 30.5 Å². The number of benzene rings is 1. The Kier molecular flexibility index (Phi) is 6.22. The fourth-order valence-electron chi connectivity index (χ4n) is 4.07. The van der Waals surface area contributed by atoms with Crippen LogP contribution in [0.2, 0.25) is 0 Å². The zero-order valence-corrected chi connectivity index (χ0v) is 18.7. The molecule has 6 nitrogen and oxygen atoms in total. The van der Waals surface area contributed by atoms with E-state index in [9.17, 15) is 13.9 Å². The van der Waals surface area contributed by atoms with Crippen LogP contribution >= 0.6 is 21.9 Å². The lowest BCUT2D eigenvalue weighted by molar-refractivity contribution is 0.100. The number of ether oxygens (including phenoxy) is 1. The second-order valence-corrected chi connectivity index (χ2v) is 11.4. The molecule has 3 heterocycles. The Balaban J connectivity index is 1.70. The fourth-order valence-corrected chi connectivity index (χ4v) is 6.54. The lowest BCUT2D eigenvalue weighted by Crippen LogP contribution is -2.19. The molecule has 0 spiro atoms. The third-order valence-electron chi connectivity index (χ3n) is 5.65. The molecular formula is C22H28N2O4S2. The summed E-state index contributed by atoms with van der Waals surface area (Å²) < 4.78 is 25.6. The van der Waals surface area contributed by atoms with Gasteiger partial charge in [0.2, 0.25) is 0 Å². The summed E-state index contributed by atoms with van der Waals surface area (Å²) in [5, 5.41) is 0.988. The first-order valence-electron chi connectivity index (χ1n) is 10.2. The van der Waals surface area contributed by atoms with Crippen LogP contribution in [0.3, 0.4) is 0 Å². The Hall–Kier alpha value is -1.84. The summed E-state index contributed by atoms with van der Waals surface area (Å²) in [5.74, 6) is 0.629. The average Bonchev–Trinajstić information content (AvgIpc) is 3.34. The van der Waals surface area contributed by atoms with Crippen molar-refractivity contribution in [2.45, 2.75) is 38.7 Å². The number of hydrogen-bond donors (Lipinski definition) is 4. The molecule has 0 saturated carbocycles. The van der Waals surface area contributed by atoms with Crippen molar-refractivity contribution in [1.82, 2.24) is 4.98 Å². The van der Waals surface area contributed by atoms with Crippen LogP contribution in [0, 0.1) is 0 Å². The molecule has 0 aliphatic carbocycles. The molecular weight excluding hydrogens is 420 g/mol. The molecule has 1 fully saturated rings. The maximum absolute atomic E-state index is 12.2. The van der Waals surface area contributed by atoms with Gasteiger partial charge in [-0.15, -0.1) is 11.3 Å². The zero-order valence-electron chi connectivity index (χ0n) is 17.0. The molecule has 0 bridgehead atoms. The van der Waals surface area contributed by atoms with E-state index in [1.807, 2.05) is 12.3 Å². The van der Waals surface area contributed by atoms with Gasteiger partial charge in [0.1, 0.15) is 0 Å². The number of nitrogens with two attached hydrogens (primary N) is 1. The van der Waals surface area contributed by atoms with Crippen LogP contribution in [-0.4, -0.2) is 38.1 Å². The van der Waals surface area contributed by atoms with Crippen LogP contribution in [0.4, 0.5) is 0 Å². The van der Waals surface area contributed by atoms with Crippen molar-refractivity contribution in [3.05, 3.63) is 46.5 Å². The zero-order chi connectivity index (χ0) is 21.3. The fraction of sp³-hybridized carbons (Fsp3) is 0.409. The van der Waals surface area contributed by atoms with Gasteiger partial charge in [0.25, 0.3) is 5.91 Å². The molecule has 4 rings (SSSR count). The molecule has 3 aromatic rings. The summed E-state index contributed by atoms with van der Waals surface area (Å²) in [5.41, 5.74) is 9.01. The van der Waals surface area contributed by atoms with Gasteiger partial charge in [0.15, 0.2) is 0 Å². The highest BCUT2D eigenvalue weighted by Crippen LogP contribution is 2.49. The number of thiophene rings is 1. The number of primary amides is 1. The molecule has 1 aliphatic rings. The number of rotatable bonds is 7. The minimum Gasteiger partial charge on any atom is -0.376 e. The number of amides is 1. The molecule has 162 valence electrons. The second-order valence-electron chi connectivity index (χ2n) is 7.86. The summed E-state index contributed by atoms with van der Waals surface area (Å²) in [6.07, 6.45) is 4.39. The largest absolute Gasteiger partial charge is 0.376 e. The van der Waals surface area contributed by atoms with E-state index in [2.05, 4.69) is 30.1 Å². The normalized spacial score (nSPS) is 18.0. The highest BCUT2D eigenvalue weighted by molar-refractivity contribution is 8.24. The van der Waals surface area contributed by atoms with Crippen molar-refractivity contribution in [3.63, 3.8) is 0 Å². The molecule has 2 aromatic heterocycles.